The fraction of sp³-hybridized carbons (Fsp3) is 0.200. The summed E-state index contributed by atoms with van der Waals surface area (Å²) in [6.07, 6.45) is 0. The molecule has 3 aromatic carbocycles. The Morgan fingerprint density at radius 1 is 0.943 bits per heavy atom. The van der Waals surface area contributed by atoms with E-state index in [0.717, 1.165) is 36.3 Å². The third-order valence-electron chi connectivity index (χ3n) is 5.90. The second-order valence-corrected chi connectivity index (χ2v) is 10.7. The topological polar surface area (TPSA) is 95.6 Å². The molecule has 180 valence electrons. The standard InChI is InChI=1S/C25H23BrN4O4S/c26-18-8-10-21(11-9-18)35(32,33)34-20-5-3-4-19(16-20)30-14-12-29(13-15-30)17-24-27-23-7-2-1-6-22(23)25(31)28-24/h1-11,16H,12-15,17H2,(H,27,28,31). The number of para-hydroxylation sites is 1. The molecule has 8 nitrogen and oxygen atoms in total. The number of aromatic nitrogens is 2. The molecule has 5 rings (SSSR count). The van der Waals surface area contributed by atoms with Crippen molar-refractivity contribution in [2.75, 3.05) is 31.1 Å². The van der Waals surface area contributed by atoms with Crippen LogP contribution in [0.15, 0.2) is 87.0 Å². The fourth-order valence-corrected chi connectivity index (χ4v) is 5.28. The highest BCUT2D eigenvalue weighted by Crippen LogP contribution is 2.26. The van der Waals surface area contributed by atoms with Gasteiger partial charge < -0.3 is 14.1 Å². The lowest BCUT2D eigenvalue weighted by molar-refractivity contribution is 0.244. The Balaban J connectivity index is 1.23. The molecule has 1 aromatic heterocycles. The van der Waals surface area contributed by atoms with Gasteiger partial charge in [0.2, 0.25) is 0 Å². The molecule has 1 fully saturated rings. The third-order valence-corrected chi connectivity index (χ3v) is 7.69. The van der Waals surface area contributed by atoms with Gasteiger partial charge in [-0.3, -0.25) is 9.69 Å². The van der Waals surface area contributed by atoms with Crippen LogP contribution in [-0.4, -0.2) is 49.5 Å². The lowest BCUT2D eigenvalue weighted by Crippen LogP contribution is -2.46. The number of nitrogens with zero attached hydrogens (tertiary/aromatic N) is 3. The number of fused-ring (bicyclic) bond motifs is 1. The quantitative estimate of drug-likeness (QED) is 0.362. The molecule has 0 aliphatic carbocycles. The van der Waals surface area contributed by atoms with E-state index in [9.17, 15) is 13.2 Å². The zero-order valence-corrected chi connectivity index (χ0v) is 21.1. The van der Waals surface area contributed by atoms with Crippen LogP contribution in [0.3, 0.4) is 0 Å². The van der Waals surface area contributed by atoms with Gasteiger partial charge in [-0.25, -0.2) is 4.98 Å². The second-order valence-electron chi connectivity index (χ2n) is 8.28. The number of aromatic amines is 1. The maximum Gasteiger partial charge on any atom is 0.339 e. The van der Waals surface area contributed by atoms with E-state index in [2.05, 4.69) is 35.7 Å². The molecule has 1 saturated heterocycles. The first-order valence-corrected chi connectivity index (χ1v) is 13.3. The number of hydrogen-bond donors (Lipinski definition) is 1. The number of benzene rings is 3. The van der Waals surface area contributed by atoms with Crippen LogP contribution in [0.2, 0.25) is 0 Å². The average molecular weight is 555 g/mol. The van der Waals surface area contributed by atoms with Crippen LogP contribution in [0.1, 0.15) is 5.82 Å². The van der Waals surface area contributed by atoms with Crippen molar-refractivity contribution < 1.29 is 12.6 Å². The molecule has 0 amide bonds. The van der Waals surface area contributed by atoms with Gasteiger partial charge >= 0.3 is 10.1 Å². The van der Waals surface area contributed by atoms with E-state index < -0.39 is 10.1 Å². The summed E-state index contributed by atoms with van der Waals surface area (Å²) in [4.78, 5) is 24.3. The van der Waals surface area contributed by atoms with Crippen molar-refractivity contribution in [1.82, 2.24) is 14.9 Å². The Labute approximate surface area is 211 Å². The van der Waals surface area contributed by atoms with Gasteiger partial charge in [-0.05, 0) is 48.5 Å². The summed E-state index contributed by atoms with van der Waals surface area (Å²) in [6.45, 7) is 3.61. The third kappa shape index (κ3) is 5.39. The maximum atomic E-state index is 12.6. The maximum absolute atomic E-state index is 12.6. The first-order chi connectivity index (χ1) is 16.9. The summed E-state index contributed by atoms with van der Waals surface area (Å²) in [5, 5.41) is 0.588. The van der Waals surface area contributed by atoms with E-state index in [0.29, 0.717) is 23.3 Å². The van der Waals surface area contributed by atoms with E-state index in [1.54, 1.807) is 36.4 Å². The van der Waals surface area contributed by atoms with Gasteiger partial charge in [0.05, 0.1) is 17.4 Å². The molecule has 0 unspecified atom stereocenters. The highest BCUT2D eigenvalue weighted by Gasteiger charge is 2.21. The molecule has 0 saturated carbocycles. The molecule has 1 aliphatic rings. The molecule has 4 aromatic rings. The van der Waals surface area contributed by atoms with Crippen molar-refractivity contribution in [3.05, 3.63) is 93.4 Å². The summed E-state index contributed by atoms with van der Waals surface area (Å²) < 4.78 is 31.4. The number of piperazine rings is 1. The van der Waals surface area contributed by atoms with Gasteiger partial charge in [-0.1, -0.05) is 34.1 Å². The van der Waals surface area contributed by atoms with Crippen molar-refractivity contribution in [2.24, 2.45) is 0 Å². The predicted octanol–water partition coefficient (Wildman–Crippen LogP) is 3.78. The van der Waals surface area contributed by atoms with Gasteiger partial charge in [-0.2, -0.15) is 8.42 Å². The molecule has 10 heteroatoms. The van der Waals surface area contributed by atoms with Crippen LogP contribution in [0.4, 0.5) is 5.69 Å². The van der Waals surface area contributed by atoms with E-state index >= 15 is 0 Å². The van der Waals surface area contributed by atoms with Crippen molar-refractivity contribution in [3.63, 3.8) is 0 Å². The van der Waals surface area contributed by atoms with Crippen molar-refractivity contribution in [1.29, 1.82) is 0 Å². The molecule has 35 heavy (non-hydrogen) atoms. The molecular weight excluding hydrogens is 532 g/mol. The molecular formula is C25H23BrN4O4S. The van der Waals surface area contributed by atoms with Crippen LogP contribution in [0, 0.1) is 0 Å². The molecule has 0 atom stereocenters. The molecule has 0 radical (unpaired) electrons. The van der Waals surface area contributed by atoms with Crippen molar-refractivity contribution in [3.8, 4) is 5.75 Å². The Morgan fingerprint density at radius 2 is 1.69 bits per heavy atom. The molecule has 0 spiro atoms. The van der Waals surface area contributed by atoms with Crippen LogP contribution < -0.4 is 14.6 Å². The van der Waals surface area contributed by atoms with E-state index in [1.807, 2.05) is 24.3 Å². The number of anilines is 1. The van der Waals surface area contributed by atoms with Crippen molar-refractivity contribution >= 4 is 42.6 Å². The SMILES string of the molecule is O=c1[nH]c(CN2CCN(c3cccc(OS(=O)(=O)c4ccc(Br)cc4)c3)CC2)nc2ccccc12. The fourth-order valence-electron chi connectivity index (χ4n) is 4.09. The summed E-state index contributed by atoms with van der Waals surface area (Å²) in [5.74, 6) is 0.918. The Bertz CT molecular complexity index is 1510. The molecule has 1 N–H and O–H groups in total. The Kier molecular flexibility index (Phi) is 6.59. The lowest BCUT2D eigenvalue weighted by Gasteiger charge is -2.35. The number of halogens is 1. The molecule has 0 bridgehead atoms. The monoisotopic (exact) mass is 554 g/mol. The second kappa shape index (κ2) is 9.80. The van der Waals surface area contributed by atoms with E-state index in [1.165, 1.54) is 12.1 Å². The first-order valence-electron chi connectivity index (χ1n) is 11.1. The van der Waals surface area contributed by atoms with E-state index in [4.69, 9.17) is 4.18 Å². The molecule has 2 heterocycles. The molecule has 1 aliphatic heterocycles. The highest BCUT2D eigenvalue weighted by molar-refractivity contribution is 9.10. The largest absolute Gasteiger partial charge is 0.379 e. The van der Waals surface area contributed by atoms with Gasteiger partial charge in [-0.15, -0.1) is 0 Å². The lowest BCUT2D eigenvalue weighted by atomic mass is 10.2. The highest BCUT2D eigenvalue weighted by atomic mass is 79.9. The minimum Gasteiger partial charge on any atom is -0.379 e. The predicted molar refractivity (Wildman–Crippen MR) is 138 cm³/mol. The van der Waals surface area contributed by atoms with Crippen LogP contribution in [-0.2, 0) is 16.7 Å². The van der Waals surface area contributed by atoms with Gasteiger partial charge in [0.25, 0.3) is 5.56 Å². The summed E-state index contributed by atoms with van der Waals surface area (Å²) in [5.41, 5.74) is 1.46. The minimum atomic E-state index is -3.92. The van der Waals surface area contributed by atoms with Gasteiger partial charge in [0.1, 0.15) is 16.5 Å². The number of nitrogens with one attached hydrogen (secondary N) is 1. The minimum absolute atomic E-state index is 0.0973. The number of hydrogen-bond acceptors (Lipinski definition) is 7. The zero-order chi connectivity index (χ0) is 24.4. The smallest absolute Gasteiger partial charge is 0.339 e. The van der Waals surface area contributed by atoms with Crippen LogP contribution in [0.25, 0.3) is 10.9 Å². The van der Waals surface area contributed by atoms with Gasteiger partial charge in [0, 0.05) is 42.4 Å². The average Bonchev–Trinajstić information content (AvgIpc) is 2.85. The van der Waals surface area contributed by atoms with Crippen LogP contribution in [0.5, 0.6) is 5.75 Å². The van der Waals surface area contributed by atoms with Crippen molar-refractivity contribution in [2.45, 2.75) is 11.4 Å². The zero-order valence-electron chi connectivity index (χ0n) is 18.7. The number of rotatable bonds is 6. The Morgan fingerprint density at radius 3 is 2.46 bits per heavy atom. The normalized spacial score (nSPS) is 14.8. The first kappa shape index (κ1) is 23.5. The Hall–Kier alpha value is -3.21. The van der Waals surface area contributed by atoms with E-state index in [-0.39, 0.29) is 16.2 Å². The van der Waals surface area contributed by atoms with Crippen LogP contribution >= 0.6 is 15.9 Å². The summed E-state index contributed by atoms with van der Waals surface area (Å²) in [6, 6.07) is 20.8. The van der Waals surface area contributed by atoms with Gasteiger partial charge in [0.15, 0.2) is 0 Å². The number of H-pyrrole nitrogens is 1. The summed E-state index contributed by atoms with van der Waals surface area (Å²) in [7, 11) is -3.92. The summed E-state index contributed by atoms with van der Waals surface area (Å²) >= 11 is 3.30.